The standard InChI is InChI=1S/C17H18FN5O4/c18-10-3-1-2-9(4-10)5-19-15-12-16(21-7-20-15)23(8-22-12)17-14(26)13(25)11(6-24)27-17/h1-4,7-8,11,13-14,17,24-26H,5-6H2,(H,19,20,21)/t11-,13-,14-,17?/m1/s1. The Morgan fingerprint density at radius 1 is 1.19 bits per heavy atom. The van der Waals surface area contributed by atoms with Gasteiger partial charge in [-0.1, -0.05) is 12.1 Å². The molecule has 4 rings (SSSR count). The van der Waals surface area contributed by atoms with E-state index in [9.17, 15) is 19.7 Å². The van der Waals surface area contributed by atoms with Crippen LogP contribution in [0, 0.1) is 5.82 Å². The van der Waals surface area contributed by atoms with Gasteiger partial charge in [-0.2, -0.15) is 0 Å². The maximum Gasteiger partial charge on any atom is 0.167 e. The van der Waals surface area contributed by atoms with Crippen molar-refractivity contribution in [3.05, 3.63) is 48.3 Å². The Bertz CT molecular complexity index is 952. The normalized spacial score (nSPS) is 25.2. The molecule has 1 fully saturated rings. The zero-order valence-corrected chi connectivity index (χ0v) is 14.1. The van der Waals surface area contributed by atoms with Gasteiger partial charge in [0.1, 0.15) is 30.5 Å². The van der Waals surface area contributed by atoms with Crippen LogP contribution in [0.15, 0.2) is 36.9 Å². The number of aliphatic hydroxyl groups excluding tert-OH is 3. The molecule has 2 aromatic heterocycles. The lowest BCUT2D eigenvalue weighted by atomic mass is 10.1. The molecule has 0 aliphatic carbocycles. The first-order valence-corrected chi connectivity index (χ1v) is 8.37. The van der Waals surface area contributed by atoms with E-state index in [4.69, 9.17) is 4.74 Å². The van der Waals surface area contributed by atoms with Gasteiger partial charge in [0, 0.05) is 6.54 Å². The zero-order valence-electron chi connectivity index (χ0n) is 14.1. The fourth-order valence-electron chi connectivity index (χ4n) is 3.11. The van der Waals surface area contributed by atoms with Gasteiger partial charge in [-0.15, -0.1) is 0 Å². The highest BCUT2D eigenvalue weighted by Crippen LogP contribution is 2.32. The summed E-state index contributed by atoms with van der Waals surface area (Å²) in [6.07, 6.45) is -1.53. The number of hydrogen-bond donors (Lipinski definition) is 4. The summed E-state index contributed by atoms with van der Waals surface area (Å²) in [5.41, 5.74) is 1.57. The van der Waals surface area contributed by atoms with Crippen LogP contribution in [0.5, 0.6) is 0 Å². The number of hydrogen-bond acceptors (Lipinski definition) is 8. The van der Waals surface area contributed by atoms with Gasteiger partial charge >= 0.3 is 0 Å². The van der Waals surface area contributed by atoms with E-state index in [0.29, 0.717) is 23.5 Å². The van der Waals surface area contributed by atoms with E-state index in [1.54, 1.807) is 12.1 Å². The quantitative estimate of drug-likeness (QED) is 0.498. The fourth-order valence-corrected chi connectivity index (χ4v) is 3.11. The molecule has 0 amide bonds. The van der Waals surface area contributed by atoms with Crippen LogP contribution in [-0.2, 0) is 11.3 Å². The number of benzene rings is 1. The molecule has 142 valence electrons. The van der Waals surface area contributed by atoms with Crippen LogP contribution < -0.4 is 5.32 Å². The molecule has 0 saturated carbocycles. The predicted octanol–water partition coefficient (Wildman–Crippen LogP) is 0.189. The summed E-state index contributed by atoms with van der Waals surface area (Å²) < 4.78 is 20.3. The van der Waals surface area contributed by atoms with E-state index < -0.39 is 31.1 Å². The summed E-state index contributed by atoms with van der Waals surface area (Å²) in [5.74, 6) is 0.116. The first-order valence-electron chi connectivity index (χ1n) is 8.37. The molecule has 1 saturated heterocycles. The number of nitrogens with zero attached hydrogens (tertiary/aromatic N) is 4. The van der Waals surface area contributed by atoms with E-state index in [-0.39, 0.29) is 5.82 Å². The van der Waals surface area contributed by atoms with E-state index in [1.807, 2.05) is 0 Å². The fraction of sp³-hybridized carbons (Fsp3) is 0.353. The Balaban J connectivity index is 1.60. The molecule has 10 heteroatoms. The smallest absolute Gasteiger partial charge is 0.167 e. The first-order chi connectivity index (χ1) is 13.1. The highest BCUT2D eigenvalue weighted by atomic mass is 19.1. The number of aromatic nitrogens is 4. The molecule has 1 aliphatic rings. The number of fused-ring (bicyclic) bond motifs is 1. The molecule has 1 aromatic carbocycles. The lowest BCUT2D eigenvalue weighted by Gasteiger charge is -2.16. The third-order valence-corrected chi connectivity index (χ3v) is 4.50. The lowest BCUT2D eigenvalue weighted by molar-refractivity contribution is -0.0511. The van der Waals surface area contributed by atoms with Crippen LogP contribution in [0.3, 0.4) is 0 Å². The molecule has 1 unspecified atom stereocenters. The average molecular weight is 375 g/mol. The van der Waals surface area contributed by atoms with Crippen LogP contribution in [0.2, 0.25) is 0 Å². The van der Waals surface area contributed by atoms with Crippen molar-refractivity contribution in [1.29, 1.82) is 0 Å². The number of rotatable bonds is 5. The topological polar surface area (TPSA) is 126 Å². The predicted molar refractivity (Wildman–Crippen MR) is 92.1 cm³/mol. The van der Waals surface area contributed by atoms with E-state index in [0.717, 1.165) is 5.56 Å². The van der Waals surface area contributed by atoms with Crippen molar-refractivity contribution in [2.24, 2.45) is 0 Å². The van der Waals surface area contributed by atoms with E-state index in [2.05, 4.69) is 20.3 Å². The molecule has 27 heavy (non-hydrogen) atoms. The van der Waals surface area contributed by atoms with Crippen molar-refractivity contribution in [2.45, 2.75) is 31.1 Å². The highest BCUT2D eigenvalue weighted by Gasteiger charge is 2.44. The Hall–Kier alpha value is -2.66. The molecule has 9 nitrogen and oxygen atoms in total. The molecule has 4 N–H and O–H groups in total. The average Bonchev–Trinajstić information content (AvgIpc) is 3.22. The van der Waals surface area contributed by atoms with Gasteiger partial charge in [0.05, 0.1) is 12.9 Å². The molecule has 0 spiro atoms. The van der Waals surface area contributed by atoms with Crippen molar-refractivity contribution >= 4 is 17.0 Å². The molecular weight excluding hydrogens is 357 g/mol. The summed E-state index contributed by atoms with van der Waals surface area (Å²) in [6.45, 7) is -0.0820. The molecule has 4 atom stereocenters. The van der Waals surface area contributed by atoms with Gasteiger partial charge in [0.2, 0.25) is 0 Å². The Labute approximate surface area is 153 Å². The largest absolute Gasteiger partial charge is 0.394 e. The summed E-state index contributed by atoms with van der Waals surface area (Å²) in [7, 11) is 0. The zero-order chi connectivity index (χ0) is 19.0. The minimum absolute atomic E-state index is 0.323. The molecule has 0 bridgehead atoms. The number of aliphatic hydroxyl groups is 3. The third kappa shape index (κ3) is 3.23. The number of imidazole rings is 1. The number of ether oxygens (including phenoxy) is 1. The SMILES string of the molecule is OC[C@H]1OC(n2cnc3c(NCc4cccc(F)c4)ncnc32)[C@H](O)[C@@H]1O. The van der Waals surface area contributed by atoms with Crippen LogP contribution in [-0.4, -0.2) is 59.8 Å². The Kier molecular flexibility index (Phi) is 4.70. The molecule has 0 radical (unpaired) electrons. The van der Waals surface area contributed by atoms with Crippen molar-refractivity contribution < 1.29 is 24.4 Å². The second kappa shape index (κ2) is 7.16. The third-order valence-electron chi connectivity index (χ3n) is 4.50. The molecule has 3 aromatic rings. The number of halogens is 1. The first kappa shape index (κ1) is 17.7. The highest BCUT2D eigenvalue weighted by molar-refractivity contribution is 5.82. The Morgan fingerprint density at radius 3 is 2.78 bits per heavy atom. The second-order valence-electron chi connectivity index (χ2n) is 6.26. The minimum atomic E-state index is -1.24. The van der Waals surface area contributed by atoms with E-state index in [1.165, 1.54) is 29.4 Å². The van der Waals surface area contributed by atoms with Gasteiger partial charge in [-0.3, -0.25) is 4.57 Å². The monoisotopic (exact) mass is 375 g/mol. The second-order valence-corrected chi connectivity index (χ2v) is 6.26. The van der Waals surface area contributed by atoms with Crippen molar-refractivity contribution in [2.75, 3.05) is 11.9 Å². The number of anilines is 1. The van der Waals surface area contributed by atoms with Crippen LogP contribution in [0.25, 0.3) is 11.2 Å². The number of nitrogens with one attached hydrogen (secondary N) is 1. The van der Waals surface area contributed by atoms with Crippen LogP contribution >= 0.6 is 0 Å². The van der Waals surface area contributed by atoms with Gasteiger partial charge in [-0.05, 0) is 17.7 Å². The summed E-state index contributed by atoms with van der Waals surface area (Å²) >= 11 is 0. The lowest BCUT2D eigenvalue weighted by Crippen LogP contribution is -2.33. The van der Waals surface area contributed by atoms with Gasteiger partial charge in [-0.25, -0.2) is 19.3 Å². The van der Waals surface area contributed by atoms with Gasteiger partial charge < -0.3 is 25.4 Å². The summed E-state index contributed by atoms with van der Waals surface area (Å²) in [5, 5.41) is 32.5. The summed E-state index contributed by atoms with van der Waals surface area (Å²) in [4.78, 5) is 12.6. The van der Waals surface area contributed by atoms with Crippen LogP contribution in [0.4, 0.5) is 10.2 Å². The van der Waals surface area contributed by atoms with Crippen molar-refractivity contribution in [3.8, 4) is 0 Å². The van der Waals surface area contributed by atoms with Gasteiger partial charge in [0.25, 0.3) is 0 Å². The Morgan fingerprint density at radius 2 is 2.04 bits per heavy atom. The van der Waals surface area contributed by atoms with Crippen molar-refractivity contribution in [3.63, 3.8) is 0 Å². The van der Waals surface area contributed by atoms with Crippen molar-refractivity contribution in [1.82, 2.24) is 19.5 Å². The summed E-state index contributed by atoms with van der Waals surface area (Å²) in [6, 6.07) is 6.20. The van der Waals surface area contributed by atoms with Crippen LogP contribution in [0.1, 0.15) is 11.8 Å². The maximum absolute atomic E-state index is 13.3. The molecule has 1 aliphatic heterocycles. The van der Waals surface area contributed by atoms with E-state index >= 15 is 0 Å². The molecule has 3 heterocycles. The maximum atomic E-state index is 13.3. The van der Waals surface area contributed by atoms with Gasteiger partial charge in [0.15, 0.2) is 23.2 Å². The minimum Gasteiger partial charge on any atom is -0.394 e. The molecular formula is C17H18FN5O4.